The molecule has 1 atom stereocenters. The van der Waals surface area contributed by atoms with Crippen molar-refractivity contribution in [2.75, 3.05) is 44.4 Å². The number of ether oxygens (including phenoxy) is 2. The third-order valence-corrected chi connectivity index (χ3v) is 6.25. The molecular formula is C20H31N3O2. The second-order valence-electron chi connectivity index (χ2n) is 7.78. The second kappa shape index (κ2) is 8.02. The van der Waals surface area contributed by atoms with Crippen LogP contribution in [0.2, 0.25) is 0 Å². The van der Waals surface area contributed by atoms with Gasteiger partial charge in [0.2, 0.25) is 0 Å². The zero-order valence-corrected chi connectivity index (χ0v) is 15.2. The molecule has 1 aliphatic carbocycles. The SMILES string of the molecule is c1cnc(N2CCOCC2)c(CNC2CCOCC23CCCCC3)c1. The molecular weight excluding hydrogens is 314 g/mol. The fourth-order valence-corrected chi connectivity index (χ4v) is 4.81. The van der Waals surface area contributed by atoms with Gasteiger partial charge in [-0.05, 0) is 25.3 Å². The number of anilines is 1. The van der Waals surface area contributed by atoms with Crippen LogP contribution in [-0.4, -0.2) is 50.5 Å². The van der Waals surface area contributed by atoms with Gasteiger partial charge in [-0.25, -0.2) is 4.98 Å². The van der Waals surface area contributed by atoms with E-state index >= 15 is 0 Å². The van der Waals surface area contributed by atoms with Crippen molar-refractivity contribution in [1.29, 1.82) is 0 Å². The van der Waals surface area contributed by atoms with Crippen molar-refractivity contribution in [2.24, 2.45) is 5.41 Å². The number of morpholine rings is 1. The van der Waals surface area contributed by atoms with E-state index in [9.17, 15) is 0 Å². The highest BCUT2D eigenvalue weighted by atomic mass is 16.5. The number of hydrogen-bond acceptors (Lipinski definition) is 5. The lowest BCUT2D eigenvalue weighted by atomic mass is 9.67. The smallest absolute Gasteiger partial charge is 0.133 e. The minimum absolute atomic E-state index is 0.359. The van der Waals surface area contributed by atoms with Gasteiger partial charge in [-0.3, -0.25) is 0 Å². The van der Waals surface area contributed by atoms with Crippen LogP contribution >= 0.6 is 0 Å². The molecule has 0 amide bonds. The molecule has 1 spiro atoms. The fraction of sp³-hybridized carbons (Fsp3) is 0.750. The summed E-state index contributed by atoms with van der Waals surface area (Å²) in [5.74, 6) is 1.13. The molecule has 1 N–H and O–H groups in total. The topological polar surface area (TPSA) is 46.6 Å². The Balaban J connectivity index is 1.45. The third-order valence-electron chi connectivity index (χ3n) is 6.25. The summed E-state index contributed by atoms with van der Waals surface area (Å²) < 4.78 is 11.4. The van der Waals surface area contributed by atoms with Gasteiger partial charge in [0, 0.05) is 49.5 Å². The molecule has 1 aromatic heterocycles. The molecule has 5 heteroatoms. The molecule has 0 bridgehead atoms. The normalized spacial score (nSPS) is 26.7. The van der Waals surface area contributed by atoms with Crippen LogP contribution in [0.3, 0.4) is 0 Å². The van der Waals surface area contributed by atoms with Crippen LogP contribution in [0.5, 0.6) is 0 Å². The van der Waals surface area contributed by atoms with Gasteiger partial charge < -0.3 is 19.7 Å². The average Bonchev–Trinajstić information content (AvgIpc) is 2.69. The number of aromatic nitrogens is 1. The van der Waals surface area contributed by atoms with Gasteiger partial charge in [0.15, 0.2) is 0 Å². The maximum atomic E-state index is 5.89. The Hall–Kier alpha value is -1.17. The Morgan fingerprint density at radius 1 is 1.12 bits per heavy atom. The van der Waals surface area contributed by atoms with Crippen molar-refractivity contribution >= 4 is 5.82 Å². The first-order valence-corrected chi connectivity index (χ1v) is 9.95. The Morgan fingerprint density at radius 2 is 1.96 bits per heavy atom. The summed E-state index contributed by atoms with van der Waals surface area (Å²) in [6.45, 7) is 6.19. The molecule has 138 valence electrons. The van der Waals surface area contributed by atoms with Crippen LogP contribution in [0.4, 0.5) is 5.82 Å². The van der Waals surface area contributed by atoms with Gasteiger partial charge in [0.1, 0.15) is 5.82 Å². The standard InChI is InChI=1S/C20H31N3O2/c1-2-7-20(8-3-1)16-25-12-6-18(20)22-15-17-5-4-9-21-19(17)23-10-13-24-14-11-23/h4-5,9,18,22H,1-3,6-8,10-16H2. The molecule has 2 saturated heterocycles. The molecule has 5 nitrogen and oxygen atoms in total. The maximum absolute atomic E-state index is 5.89. The van der Waals surface area contributed by atoms with Crippen molar-refractivity contribution < 1.29 is 9.47 Å². The van der Waals surface area contributed by atoms with Gasteiger partial charge in [0.05, 0.1) is 19.8 Å². The Bertz CT molecular complexity index is 545. The summed E-state index contributed by atoms with van der Waals surface area (Å²) in [5.41, 5.74) is 1.67. The zero-order chi connectivity index (χ0) is 17.0. The van der Waals surface area contributed by atoms with Crippen molar-refractivity contribution in [3.63, 3.8) is 0 Å². The number of nitrogens with one attached hydrogen (secondary N) is 1. The van der Waals surface area contributed by atoms with E-state index in [2.05, 4.69) is 27.3 Å². The number of hydrogen-bond donors (Lipinski definition) is 1. The van der Waals surface area contributed by atoms with E-state index in [-0.39, 0.29) is 0 Å². The highest BCUT2D eigenvalue weighted by Gasteiger charge is 2.42. The summed E-state index contributed by atoms with van der Waals surface area (Å²) in [5, 5.41) is 3.90. The van der Waals surface area contributed by atoms with Crippen molar-refractivity contribution in [1.82, 2.24) is 10.3 Å². The van der Waals surface area contributed by atoms with Crippen LogP contribution in [-0.2, 0) is 16.0 Å². The molecule has 3 aliphatic rings. The first-order valence-electron chi connectivity index (χ1n) is 9.95. The Labute approximate surface area is 151 Å². The van der Waals surface area contributed by atoms with Crippen LogP contribution in [0.1, 0.15) is 44.1 Å². The minimum Gasteiger partial charge on any atom is -0.381 e. The number of rotatable bonds is 4. The third kappa shape index (κ3) is 3.83. The lowest BCUT2D eigenvalue weighted by molar-refractivity contribution is -0.0537. The highest BCUT2D eigenvalue weighted by Crippen LogP contribution is 2.42. The first kappa shape index (κ1) is 17.3. The molecule has 0 radical (unpaired) electrons. The molecule has 1 unspecified atom stereocenters. The predicted octanol–water partition coefficient (Wildman–Crippen LogP) is 2.75. The molecule has 25 heavy (non-hydrogen) atoms. The fourth-order valence-electron chi connectivity index (χ4n) is 4.81. The van der Waals surface area contributed by atoms with E-state index in [1.165, 1.54) is 37.7 Å². The molecule has 2 aliphatic heterocycles. The summed E-state index contributed by atoms with van der Waals surface area (Å²) in [6, 6.07) is 4.85. The average molecular weight is 345 g/mol. The van der Waals surface area contributed by atoms with Gasteiger partial charge in [0.25, 0.3) is 0 Å². The van der Waals surface area contributed by atoms with E-state index in [0.29, 0.717) is 11.5 Å². The second-order valence-corrected chi connectivity index (χ2v) is 7.78. The summed E-state index contributed by atoms with van der Waals surface area (Å²) in [4.78, 5) is 7.04. The zero-order valence-electron chi connectivity index (χ0n) is 15.2. The monoisotopic (exact) mass is 345 g/mol. The van der Waals surface area contributed by atoms with E-state index < -0.39 is 0 Å². The predicted molar refractivity (Wildman–Crippen MR) is 98.9 cm³/mol. The maximum Gasteiger partial charge on any atom is 0.133 e. The molecule has 4 rings (SSSR count). The summed E-state index contributed by atoms with van der Waals surface area (Å²) in [7, 11) is 0. The van der Waals surface area contributed by atoms with E-state index in [4.69, 9.17) is 9.47 Å². The van der Waals surface area contributed by atoms with Gasteiger partial charge >= 0.3 is 0 Å². The minimum atomic E-state index is 0.359. The van der Waals surface area contributed by atoms with Gasteiger partial charge in [-0.15, -0.1) is 0 Å². The molecule has 3 heterocycles. The molecule has 0 aromatic carbocycles. The van der Waals surface area contributed by atoms with Gasteiger partial charge in [-0.1, -0.05) is 25.3 Å². The van der Waals surface area contributed by atoms with Crippen LogP contribution < -0.4 is 10.2 Å². The summed E-state index contributed by atoms with van der Waals surface area (Å²) in [6.07, 6.45) is 9.76. The van der Waals surface area contributed by atoms with E-state index in [0.717, 1.165) is 58.3 Å². The molecule has 3 fully saturated rings. The van der Waals surface area contributed by atoms with E-state index in [1.807, 2.05) is 6.20 Å². The largest absolute Gasteiger partial charge is 0.381 e. The summed E-state index contributed by atoms with van der Waals surface area (Å²) >= 11 is 0. The van der Waals surface area contributed by atoms with E-state index in [1.54, 1.807) is 0 Å². The molecule has 1 aromatic rings. The number of pyridine rings is 1. The molecule has 1 saturated carbocycles. The number of nitrogens with zero attached hydrogens (tertiary/aromatic N) is 2. The van der Waals surface area contributed by atoms with Gasteiger partial charge in [-0.2, -0.15) is 0 Å². The lowest BCUT2D eigenvalue weighted by Gasteiger charge is -2.47. The quantitative estimate of drug-likeness (QED) is 0.909. The first-order chi connectivity index (χ1) is 12.4. The van der Waals surface area contributed by atoms with Crippen molar-refractivity contribution in [2.45, 2.75) is 51.1 Å². The van der Waals surface area contributed by atoms with Crippen molar-refractivity contribution in [3.8, 4) is 0 Å². The van der Waals surface area contributed by atoms with Crippen molar-refractivity contribution in [3.05, 3.63) is 23.9 Å². The van der Waals surface area contributed by atoms with Crippen LogP contribution in [0.15, 0.2) is 18.3 Å². The Kier molecular flexibility index (Phi) is 5.54. The highest BCUT2D eigenvalue weighted by molar-refractivity contribution is 5.47. The lowest BCUT2D eigenvalue weighted by Crippen LogP contribution is -2.52. The van der Waals surface area contributed by atoms with Crippen LogP contribution in [0.25, 0.3) is 0 Å². The Morgan fingerprint density at radius 3 is 2.80 bits per heavy atom. The van der Waals surface area contributed by atoms with Crippen LogP contribution in [0, 0.1) is 5.41 Å².